The highest BCUT2D eigenvalue weighted by Gasteiger charge is 2.56. The van der Waals surface area contributed by atoms with Crippen LogP contribution in [0.4, 0.5) is 11.4 Å². The second-order valence-electron chi connectivity index (χ2n) is 8.30. The molecule has 2 aliphatic rings. The SMILES string of the molecule is CON[C@]1(NS(C)(=O)=O)C(=O)C(C2=NS(=O)(=O)c3cc(NS(C)(=O)=O)ccc3N2)C(=O)c2ccccc21. The highest BCUT2D eigenvalue weighted by molar-refractivity contribution is 7.92. The second kappa shape index (κ2) is 8.96. The zero-order valence-corrected chi connectivity index (χ0v) is 21.9. The van der Waals surface area contributed by atoms with Crippen molar-refractivity contribution in [1.82, 2.24) is 10.2 Å². The molecule has 4 rings (SSSR count). The third-order valence-electron chi connectivity index (χ3n) is 5.40. The number of ketones is 2. The second-order valence-corrected chi connectivity index (χ2v) is 13.4. The molecule has 2 aromatic carbocycles. The van der Waals surface area contributed by atoms with Crippen molar-refractivity contribution in [3.63, 3.8) is 0 Å². The van der Waals surface area contributed by atoms with Crippen LogP contribution in [-0.2, 0) is 45.4 Å². The number of hydroxylamine groups is 1. The Hall–Kier alpha value is -3.22. The third-order valence-corrected chi connectivity index (χ3v) is 8.02. The van der Waals surface area contributed by atoms with Crippen molar-refractivity contribution < 1.29 is 39.7 Å². The van der Waals surface area contributed by atoms with Gasteiger partial charge in [-0.3, -0.25) is 14.3 Å². The van der Waals surface area contributed by atoms with Crippen molar-refractivity contribution in [2.75, 3.05) is 29.7 Å². The number of amidine groups is 1. The molecule has 1 heterocycles. The third kappa shape index (κ3) is 5.00. The van der Waals surface area contributed by atoms with Crippen molar-refractivity contribution in [2.24, 2.45) is 10.3 Å². The van der Waals surface area contributed by atoms with Crippen molar-refractivity contribution >= 4 is 58.8 Å². The van der Waals surface area contributed by atoms with Gasteiger partial charge >= 0.3 is 0 Å². The number of hydrogen-bond donors (Lipinski definition) is 4. The number of fused-ring (bicyclic) bond motifs is 2. The smallest absolute Gasteiger partial charge is 0.286 e. The first-order valence-corrected chi connectivity index (χ1v) is 15.5. The van der Waals surface area contributed by atoms with E-state index in [0.717, 1.165) is 25.7 Å². The van der Waals surface area contributed by atoms with Gasteiger partial charge in [0.25, 0.3) is 10.0 Å². The summed E-state index contributed by atoms with van der Waals surface area (Å²) in [5, 5.41) is 2.65. The number of hydrogen-bond acceptors (Lipinski definition) is 11. The Morgan fingerprint density at radius 3 is 2.32 bits per heavy atom. The molecular weight excluding hydrogens is 550 g/mol. The molecule has 37 heavy (non-hydrogen) atoms. The van der Waals surface area contributed by atoms with E-state index in [0.29, 0.717) is 0 Å². The Kier molecular flexibility index (Phi) is 6.50. The molecule has 0 bridgehead atoms. The Labute approximate surface area is 212 Å². The molecule has 0 saturated heterocycles. The summed E-state index contributed by atoms with van der Waals surface area (Å²) in [6.45, 7) is 0. The Bertz CT molecular complexity index is 1690. The average molecular weight is 572 g/mol. The maximum Gasteiger partial charge on any atom is 0.286 e. The summed E-state index contributed by atoms with van der Waals surface area (Å²) in [5.41, 5.74) is -0.224. The fourth-order valence-corrected chi connectivity index (χ4v) is 6.69. The number of sulfonamides is 3. The van der Waals surface area contributed by atoms with Crippen LogP contribution in [-0.4, -0.2) is 62.3 Å². The predicted octanol–water partition coefficient (Wildman–Crippen LogP) is -0.494. The number of rotatable bonds is 7. The minimum Gasteiger partial charge on any atom is -0.341 e. The molecule has 4 N–H and O–H groups in total. The minimum atomic E-state index is -4.53. The van der Waals surface area contributed by atoms with E-state index in [9.17, 15) is 34.8 Å². The van der Waals surface area contributed by atoms with Crippen molar-refractivity contribution in [3.05, 3.63) is 53.6 Å². The number of benzene rings is 2. The van der Waals surface area contributed by atoms with Crippen molar-refractivity contribution in [3.8, 4) is 0 Å². The number of carbonyl (C=O) groups is 2. The molecular formula is C20H21N5O9S3. The molecule has 0 fully saturated rings. The van der Waals surface area contributed by atoms with E-state index >= 15 is 0 Å². The molecule has 0 aromatic heterocycles. The summed E-state index contributed by atoms with van der Waals surface area (Å²) in [6.07, 6.45) is 1.69. The summed E-state index contributed by atoms with van der Waals surface area (Å²) < 4.78 is 81.6. The first kappa shape index (κ1) is 26.8. The van der Waals surface area contributed by atoms with Gasteiger partial charge in [-0.05, 0) is 18.2 Å². The fraction of sp³-hybridized carbons (Fsp3) is 0.250. The fourth-order valence-electron chi connectivity index (χ4n) is 4.14. The summed E-state index contributed by atoms with van der Waals surface area (Å²) in [7, 11) is -11.2. The lowest BCUT2D eigenvalue weighted by Gasteiger charge is -2.40. The van der Waals surface area contributed by atoms with Gasteiger partial charge in [-0.15, -0.1) is 4.40 Å². The van der Waals surface area contributed by atoms with Crippen molar-refractivity contribution in [1.29, 1.82) is 0 Å². The van der Waals surface area contributed by atoms with Crippen LogP contribution in [0, 0.1) is 5.92 Å². The number of nitrogens with one attached hydrogen (secondary N) is 4. The average Bonchev–Trinajstić information content (AvgIpc) is 2.76. The van der Waals surface area contributed by atoms with Crippen LogP contribution in [0.5, 0.6) is 0 Å². The lowest BCUT2D eigenvalue weighted by Crippen LogP contribution is -2.66. The quantitative estimate of drug-likeness (QED) is 0.189. The van der Waals surface area contributed by atoms with E-state index in [4.69, 9.17) is 4.84 Å². The zero-order valence-electron chi connectivity index (χ0n) is 19.5. The molecule has 14 nitrogen and oxygen atoms in total. The van der Waals surface area contributed by atoms with Gasteiger partial charge in [0.1, 0.15) is 16.6 Å². The first-order valence-electron chi connectivity index (χ1n) is 10.3. The molecule has 0 amide bonds. The van der Waals surface area contributed by atoms with Crippen LogP contribution >= 0.6 is 0 Å². The summed E-state index contributed by atoms with van der Waals surface area (Å²) in [4.78, 5) is 31.8. The molecule has 1 aliphatic carbocycles. The number of nitrogens with zero attached hydrogens (tertiary/aromatic N) is 1. The molecule has 0 radical (unpaired) electrons. The van der Waals surface area contributed by atoms with E-state index < -0.39 is 63.9 Å². The van der Waals surface area contributed by atoms with E-state index in [1.807, 2.05) is 0 Å². The predicted molar refractivity (Wildman–Crippen MR) is 132 cm³/mol. The van der Waals surface area contributed by atoms with Crippen LogP contribution in [0.3, 0.4) is 0 Å². The van der Waals surface area contributed by atoms with Crippen LogP contribution in [0.2, 0.25) is 0 Å². The van der Waals surface area contributed by atoms with Crippen molar-refractivity contribution in [2.45, 2.75) is 10.6 Å². The summed E-state index contributed by atoms with van der Waals surface area (Å²) >= 11 is 0. The molecule has 2 atom stereocenters. The summed E-state index contributed by atoms with van der Waals surface area (Å²) in [5.74, 6) is -4.38. The molecule has 0 saturated carbocycles. The van der Waals surface area contributed by atoms with E-state index in [1.54, 1.807) is 0 Å². The van der Waals surface area contributed by atoms with Crippen LogP contribution < -0.4 is 20.2 Å². The van der Waals surface area contributed by atoms with Gasteiger partial charge < -0.3 is 10.2 Å². The van der Waals surface area contributed by atoms with Gasteiger partial charge in [0.05, 0.1) is 25.3 Å². The van der Waals surface area contributed by atoms with Crippen LogP contribution in [0.25, 0.3) is 0 Å². The van der Waals surface area contributed by atoms with Gasteiger partial charge in [0.15, 0.2) is 17.2 Å². The lowest BCUT2D eigenvalue weighted by molar-refractivity contribution is -0.135. The molecule has 1 unspecified atom stereocenters. The first-order chi connectivity index (χ1) is 17.1. The maximum atomic E-state index is 13.8. The van der Waals surface area contributed by atoms with Gasteiger partial charge in [-0.1, -0.05) is 24.3 Å². The standard InChI is InChI=1S/C20H21N5O9S3/c1-34-24-20(25-36(3,30)31)13-7-5-4-6-12(13)17(26)16(18(20)27)19-21-14-9-8-11(22-35(2,28)29)10-15(14)37(32,33)23-19/h4-10,16,22,24-25H,1-3H3,(H,21,23)/t16?,20-/m1/s1. The number of Topliss-reactive ketones (excluding diaryl/α,β-unsaturated/α-hetero) is 2. The maximum absolute atomic E-state index is 13.8. The largest absolute Gasteiger partial charge is 0.341 e. The van der Waals surface area contributed by atoms with Gasteiger partial charge in [-0.25, -0.2) is 16.8 Å². The van der Waals surface area contributed by atoms with Gasteiger partial charge in [0, 0.05) is 16.8 Å². The Morgan fingerprint density at radius 2 is 1.70 bits per heavy atom. The lowest BCUT2D eigenvalue weighted by atomic mass is 9.74. The van der Waals surface area contributed by atoms with Gasteiger partial charge in [0.2, 0.25) is 20.0 Å². The highest BCUT2D eigenvalue weighted by Crippen LogP contribution is 2.38. The molecule has 1 aliphatic heterocycles. The summed E-state index contributed by atoms with van der Waals surface area (Å²) in [6, 6.07) is 9.20. The van der Waals surface area contributed by atoms with E-state index in [-0.39, 0.29) is 22.5 Å². The normalized spacial score (nSPS) is 22.9. The molecule has 0 spiro atoms. The number of carbonyl (C=O) groups excluding carboxylic acids is 2. The Morgan fingerprint density at radius 1 is 1.03 bits per heavy atom. The molecule has 2 aromatic rings. The van der Waals surface area contributed by atoms with E-state index in [1.165, 1.54) is 36.4 Å². The topological polar surface area (TPSA) is 206 Å². The molecule has 198 valence electrons. The van der Waals surface area contributed by atoms with E-state index in [2.05, 4.69) is 24.6 Å². The zero-order chi connectivity index (χ0) is 27.4. The monoisotopic (exact) mass is 571 g/mol. The van der Waals surface area contributed by atoms with Crippen LogP contribution in [0.15, 0.2) is 51.8 Å². The van der Waals surface area contributed by atoms with Crippen LogP contribution in [0.1, 0.15) is 15.9 Å². The van der Waals surface area contributed by atoms with Gasteiger partial charge in [-0.2, -0.15) is 18.6 Å². The number of anilines is 2. The Balaban J connectivity index is 1.88. The minimum absolute atomic E-state index is 0.0512. The highest BCUT2D eigenvalue weighted by atomic mass is 32.2. The molecule has 17 heteroatoms.